The molecule has 5 aliphatic heterocycles. The first kappa shape index (κ1) is 32.9. The Labute approximate surface area is 299 Å². The summed E-state index contributed by atoms with van der Waals surface area (Å²) < 4.78 is 57.2. The SMILES string of the molecule is C#Cc1c(F)ccc2cccc(-c3ncc4c(N5C[C@H]6CC[C@@H](C5)N6)nc(OC[C@@]56CC[C@@H](COC(=O)N7CC(F)C7)N5CC(=C)C6)nc4c3F)c12. The molecule has 0 unspecified atom stereocenters. The molecule has 10 nitrogen and oxygen atoms in total. The molecule has 5 saturated heterocycles. The number of rotatable bonds is 7. The number of hydrogen-bond donors (Lipinski definition) is 1. The van der Waals surface area contributed by atoms with Gasteiger partial charge in [-0.15, -0.1) is 6.42 Å². The number of terminal acetylenes is 1. The van der Waals surface area contributed by atoms with E-state index in [1.165, 1.54) is 11.0 Å². The van der Waals surface area contributed by atoms with Gasteiger partial charge in [0.05, 0.1) is 29.6 Å². The number of ether oxygens (including phenoxy) is 2. The molecule has 5 aliphatic rings. The summed E-state index contributed by atoms with van der Waals surface area (Å²) in [6.07, 6.45) is 10.2. The summed E-state index contributed by atoms with van der Waals surface area (Å²) in [5.41, 5.74) is 1.07. The standard InChI is InChI=1S/C39H38F3N7O3/c1-3-28-31(41)10-7-23-5-4-6-29(32(23)28)34-33(42)35-30(14-43-34)36(47-18-25-8-9-26(19-47)44-25)46-37(45-35)52-21-39-12-11-27(49(39)15-22(2)13-39)20-51-38(50)48-16-24(40)17-48/h1,4-7,10,14,24-27,44H,2,8-9,11-13,15-21H2/t25-,26+,27-,39-/m0/s1. The Bertz CT molecular complexity index is 2160. The number of benzene rings is 2. The number of likely N-dealkylation sites (tertiary alicyclic amines) is 1. The first-order valence-electron chi connectivity index (χ1n) is 17.9. The van der Waals surface area contributed by atoms with E-state index in [4.69, 9.17) is 20.9 Å². The van der Waals surface area contributed by atoms with Crippen LogP contribution in [0.25, 0.3) is 32.9 Å². The number of alkyl halides is 1. The minimum atomic E-state index is -0.995. The summed E-state index contributed by atoms with van der Waals surface area (Å²) in [4.78, 5) is 32.4. The predicted molar refractivity (Wildman–Crippen MR) is 190 cm³/mol. The van der Waals surface area contributed by atoms with Crippen molar-refractivity contribution >= 4 is 33.6 Å². The highest BCUT2D eigenvalue weighted by atomic mass is 19.1. The van der Waals surface area contributed by atoms with Crippen molar-refractivity contribution in [3.05, 3.63) is 65.9 Å². The number of halogens is 3. The molecule has 1 N–H and O–H groups in total. The molecule has 0 saturated carbocycles. The molecule has 9 rings (SSSR count). The number of anilines is 1. The van der Waals surface area contributed by atoms with Gasteiger partial charge >= 0.3 is 12.1 Å². The first-order valence-corrected chi connectivity index (χ1v) is 17.9. The van der Waals surface area contributed by atoms with Crippen molar-refractivity contribution in [2.75, 3.05) is 50.8 Å². The highest BCUT2D eigenvalue weighted by Gasteiger charge is 2.51. The van der Waals surface area contributed by atoms with Gasteiger partial charge in [-0.25, -0.2) is 18.0 Å². The number of carbonyl (C=O) groups is 1. The second kappa shape index (κ2) is 12.6. The molecule has 13 heteroatoms. The van der Waals surface area contributed by atoms with E-state index in [0.29, 0.717) is 65.7 Å². The van der Waals surface area contributed by atoms with Crippen molar-refractivity contribution in [2.24, 2.45) is 0 Å². The van der Waals surface area contributed by atoms with Crippen LogP contribution < -0.4 is 15.0 Å². The molecule has 2 bridgehead atoms. The summed E-state index contributed by atoms with van der Waals surface area (Å²) in [6, 6.07) is 8.74. The van der Waals surface area contributed by atoms with Gasteiger partial charge in [0, 0.05) is 54.9 Å². The molecule has 5 fully saturated rings. The zero-order valence-corrected chi connectivity index (χ0v) is 28.6. The monoisotopic (exact) mass is 709 g/mol. The highest BCUT2D eigenvalue weighted by Crippen LogP contribution is 2.45. The van der Waals surface area contributed by atoms with E-state index in [0.717, 1.165) is 31.3 Å². The van der Waals surface area contributed by atoms with E-state index in [1.54, 1.807) is 30.5 Å². The fraction of sp³-hybridized carbons (Fsp3) is 0.436. The Hall–Kier alpha value is -4.93. The summed E-state index contributed by atoms with van der Waals surface area (Å²) in [5, 5.41) is 5.16. The molecule has 268 valence electrons. The number of amides is 1. The van der Waals surface area contributed by atoms with E-state index < -0.39 is 29.4 Å². The van der Waals surface area contributed by atoms with Gasteiger partial charge in [-0.2, -0.15) is 9.97 Å². The smallest absolute Gasteiger partial charge is 0.410 e. The lowest BCUT2D eigenvalue weighted by Crippen LogP contribution is -2.52. The molecule has 4 atom stereocenters. The minimum Gasteiger partial charge on any atom is -0.461 e. The lowest BCUT2D eigenvalue weighted by atomic mass is 9.94. The van der Waals surface area contributed by atoms with Crippen LogP contribution in [-0.2, 0) is 4.74 Å². The van der Waals surface area contributed by atoms with Gasteiger partial charge < -0.3 is 24.6 Å². The molecule has 0 aliphatic carbocycles. The fourth-order valence-electron chi connectivity index (χ4n) is 8.96. The quantitative estimate of drug-likeness (QED) is 0.201. The van der Waals surface area contributed by atoms with Gasteiger partial charge in [0.15, 0.2) is 5.82 Å². The van der Waals surface area contributed by atoms with E-state index in [-0.39, 0.29) is 55.1 Å². The van der Waals surface area contributed by atoms with Gasteiger partial charge in [0.25, 0.3) is 0 Å². The van der Waals surface area contributed by atoms with Gasteiger partial charge in [0.2, 0.25) is 0 Å². The average Bonchev–Trinajstić information content (AvgIpc) is 3.76. The number of carbonyl (C=O) groups excluding carboxylic acids is 1. The maximum absolute atomic E-state index is 17.0. The maximum atomic E-state index is 17.0. The van der Waals surface area contributed by atoms with Crippen LogP contribution in [0.15, 0.2) is 48.7 Å². The third-order valence-electron chi connectivity index (χ3n) is 11.5. The van der Waals surface area contributed by atoms with E-state index in [2.05, 4.69) is 37.6 Å². The molecule has 2 aromatic heterocycles. The zero-order valence-electron chi connectivity index (χ0n) is 28.6. The van der Waals surface area contributed by atoms with Crippen molar-refractivity contribution in [3.63, 3.8) is 0 Å². The molecule has 1 amide bonds. The zero-order chi connectivity index (χ0) is 35.7. The van der Waals surface area contributed by atoms with Crippen molar-refractivity contribution in [3.8, 4) is 29.6 Å². The number of piperazine rings is 1. The number of aromatic nitrogens is 3. The molecule has 0 radical (unpaired) electrons. The van der Waals surface area contributed by atoms with E-state index in [1.807, 2.05) is 0 Å². The van der Waals surface area contributed by atoms with Crippen LogP contribution in [0.5, 0.6) is 6.01 Å². The highest BCUT2D eigenvalue weighted by molar-refractivity contribution is 6.02. The first-order chi connectivity index (χ1) is 25.2. The van der Waals surface area contributed by atoms with Gasteiger partial charge in [-0.05, 0) is 43.6 Å². The minimum absolute atomic E-state index is 0.00138. The van der Waals surface area contributed by atoms with Crippen molar-refractivity contribution in [2.45, 2.75) is 61.9 Å². The average molecular weight is 710 g/mol. The van der Waals surface area contributed by atoms with Crippen LogP contribution in [0.4, 0.5) is 23.8 Å². The van der Waals surface area contributed by atoms with Gasteiger partial charge in [-0.1, -0.05) is 42.3 Å². The third-order valence-corrected chi connectivity index (χ3v) is 11.5. The normalized spacial score (nSPS) is 25.8. The maximum Gasteiger partial charge on any atom is 0.410 e. The number of nitrogens with one attached hydrogen (secondary N) is 1. The molecule has 0 spiro atoms. The van der Waals surface area contributed by atoms with Crippen LogP contribution in [-0.4, -0.2) is 107 Å². The third kappa shape index (κ3) is 5.51. The van der Waals surface area contributed by atoms with Gasteiger partial charge in [-0.3, -0.25) is 9.88 Å². The molecular weight excluding hydrogens is 671 g/mol. The van der Waals surface area contributed by atoms with Crippen LogP contribution in [0, 0.1) is 24.0 Å². The Morgan fingerprint density at radius 3 is 2.67 bits per heavy atom. The Balaban J connectivity index is 1.06. The summed E-state index contributed by atoms with van der Waals surface area (Å²) >= 11 is 0. The lowest BCUT2D eigenvalue weighted by Gasteiger charge is -2.36. The Morgan fingerprint density at radius 1 is 1.10 bits per heavy atom. The van der Waals surface area contributed by atoms with E-state index >= 15 is 4.39 Å². The molecule has 4 aromatic rings. The number of pyridine rings is 1. The topological polar surface area (TPSA) is 96.0 Å². The van der Waals surface area contributed by atoms with Crippen molar-refractivity contribution in [1.29, 1.82) is 0 Å². The van der Waals surface area contributed by atoms with Crippen LogP contribution in [0.1, 0.15) is 37.7 Å². The predicted octanol–water partition coefficient (Wildman–Crippen LogP) is 5.38. The molecule has 2 aromatic carbocycles. The fourth-order valence-corrected chi connectivity index (χ4v) is 8.96. The summed E-state index contributed by atoms with van der Waals surface area (Å²) in [5.74, 6) is 1.74. The van der Waals surface area contributed by atoms with E-state index in [9.17, 15) is 13.6 Å². The Kier molecular flexibility index (Phi) is 8.00. The van der Waals surface area contributed by atoms with Crippen LogP contribution in [0.2, 0.25) is 0 Å². The Morgan fingerprint density at radius 2 is 1.90 bits per heavy atom. The van der Waals surface area contributed by atoms with Crippen molar-refractivity contribution < 1.29 is 27.4 Å². The second-order valence-electron chi connectivity index (χ2n) is 14.9. The number of fused-ring (bicyclic) bond motifs is 5. The van der Waals surface area contributed by atoms with Crippen LogP contribution in [0.3, 0.4) is 0 Å². The molecular formula is C39H38F3N7O3. The molecule has 52 heavy (non-hydrogen) atoms. The number of hydrogen-bond acceptors (Lipinski definition) is 9. The number of nitrogens with zero attached hydrogens (tertiary/aromatic N) is 6. The summed E-state index contributed by atoms with van der Waals surface area (Å²) in [6.45, 7) is 6.81. The second-order valence-corrected chi connectivity index (χ2v) is 14.9. The lowest BCUT2D eigenvalue weighted by molar-refractivity contribution is 0.0176. The summed E-state index contributed by atoms with van der Waals surface area (Å²) in [7, 11) is 0. The van der Waals surface area contributed by atoms with Crippen molar-refractivity contribution in [1.82, 2.24) is 30.1 Å². The largest absolute Gasteiger partial charge is 0.461 e. The van der Waals surface area contributed by atoms with Gasteiger partial charge in [0.1, 0.15) is 42.2 Å². The molecule has 7 heterocycles. The van der Waals surface area contributed by atoms with Crippen LogP contribution >= 0.6 is 0 Å².